The molecule has 0 amide bonds. The van der Waals surface area contributed by atoms with Crippen LogP contribution in [0.25, 0.3) is 0 Å². The summed E-state index contributed by atoms with van der Waals surface area (Å²) >= 11 is 0. The summed E-state index contributed by atoms with van der Waals surface area (Å²) in [4.78, 5) is 4.18. The number of hydrazine groups is 1. The number of pyridine rings is 1. The molecule has 0 bridgehead atoms. The Hall–Kier alpha value is -1.37. The van der Waals surface area contributed by atoms with Crippen molar-refractivity contribution < 1.29 is 0 Å². The van der Waals surface area contributed by atoms with Crippen LogP contribution in [0.2, 0.25) is 0 Å². The van der Waals surface area contributed by atoms with Crippen LogP contribution in [0.15, 0.2) is 24.4 Å². The van der Waals surface area contributed by atoms with Crippen LogP contribution in [-0.4, -0.2) is 11.0 Å². The van der Waals surface area contributed by atoms with Crippen LogP contribution in [0.5, 0.6) is 0 Å². The van der Waals surface area contributed by atoms with Crippen LogP contribution in [0.1, 0.15) is 12.1 Å². The fraction of sp³-hybridized carbons (Fsp3) is 0.300. The third-order valence-electron chi connectivity index (χ3n) is 1.82. The summed E-state index contributed by atoms with van der Waals surface area (Å²) in [6, 6.07) is 5.76. The molecule has 3 heteroatoms. The van der Waals surface area contributed by atoms with Crippen LogP contribution in [0, 0.1) is 12.3 Å². The quantitative estimate of drug-likeness (QED) is 0.397. The van der Waals surface area contributed by atoms with Crippen molar-refractivity contribution in [2.45, 2.75) is 18.9 Å². The summed E-state index contributed by atoms with van der Waals surface area (Å²) < 4.78 is 0. The number of terminal acetylenes is 1. The van der Waals surface area contributed by atoms with Gasteiger partial charge in [0.25, 0.3) is 0 Å². The minimum absolute atomic E-state index is 0.0676. The molecule has 0 fully saturated rings. The predicted octanol–water partition coefficient (Wildman–Crippen LogP) is 0.479. The molecule has 0 spiro atoms. The molecule has 13 heavy (non-hydrogen) atoms. The molecule has 1 unspecified atom stereocenters. The molecular formula is C10H13N3. The molecular weight excluding hydrogens is 162 g/mol. The van der Waals surface area contributed by atoms with Crippen LogP contribution < -0.4 is 11.3 Å². The summed E-state index contributed by atoms with van der Waals surface area (Å²) in [5.74, 6) is 7.79. The Morgan fingerprint density at radius 1 is 1.62 bits per heavy atom. The van der Waals surface area contributed by atoms with Gasteiger partial charge in [-0.3, -0.25) is 10.8 Å². The molecule has 1 aromatic rings. The highest BCUT2D eigenvalue weighted by atomic mass is 15.2. The van der Waals surface area contributed by atoms with E-state index in [4.69, 9.17) is 12.3 Å². The normalized spacial score (nSPS) is 12.0. The maximum absolute atomic E-state index is 5.23. The van der Waals surface area contributed by atoms with E-state index in [9.17, 15) is 0 Å². The van der Waals surface area contributed by atoms with E-state index >= 15 is 0 Å². The number of rotatable bonds is 4. The number of aryl methyl sites for hydroxylation is 1. The van der Waals surface area contributed by atoms with Crippen molar-refractivity contribution in [2.75, 3.05) is 0 Å². The Morgan fingerprint density at radius 3 is 3.00 bits per heavy atom. The predicted molar refractivity (Wildman–Crippen MR) is 52.5 cm³/mol. The molecule has 1 heterocycles. The SMILES string of the molecule is C#CC(CCc1ccccn1)NN. The van der Waals surface area contributed by atoms with Crippen LogP contribution in [-0.2, 0) is 6.42 Å². The maximum Gasteiger partial charge on any atom is 0.0818 e. The summed E-state index contributed by atoms with van der Waals surface area (Å²) in [5, 5.41) is 0. The molecule has 0 radical (unpaired) electrons. The highest BCUT2D eigenvalue weighted by molar-refractivity contribution is 5.06. The van der Waals surface area contributed by atoms with E-state index in [1.54, 1.807) is 6.20 Å². The van der Waals surface area contributed by atoms with Gasteiger partial charge in [0.05, 0.1) is 6.04 Å². The lowest BCUT2D eigenvalue weighted by molar-refractivity contribution is 0.588. The van der Waals surface area contributed by atoms with Crippen molar-refractivity contribution in [3.63, 3.8) is 0 Å². The van der Waals surface area contributed by atoms with E-state index in [1.807, 2.05) is 18.2 Å². The van der Waals surface area contributed by atoms with Gasteiger partial charge in [-0.15, -0.1) is 6.42 Å². The molecule has 0 saturated heterocycles. The zero-order valence-electron chi connectivity index (χ0n) is 7.40. The van der Waals surface area contributed by atoms with Gasteiger partial charge in [0.1, 0.15) is 0 Å². The summed E-state index contributed by atoms with van der Waals surface area (Å²) in [7, 11) is 0. The van der Waals surface area contributed by atoms with E-state index < -0.39 is 0 Å². The molecule has 0 aromatic carbocycles. The molecule has 3 N–H and O–H groups in total. The minimum Gasteiger partial charge on any atom is -0.270 e. The van der Waals surface area contributed by atoms with Crippen molar-refractivity contribution in [3.05, 3.63) is 30.1 Å². The van der Waals surface area contributed by atoms with Gasteiger partial charge in [0, 0.05) is 11.9 Å². The van der Waals surface area contributed by atoms with Crippen molar-refractivity contribution in [3.8, 4) is 12.3 Å². The second-order valence-electron chi connectivity index (χ2n) is 2.75. The fourth-order valence-corrected chi connectivity index (χ4v) is 1.05. The molecule has 68 valence electrons. The minimum atomic E-state index is -0.0676. The van der Waals surface area contributed by atoms with Gasteiger partial charge >= 0.3 is 0 Å². The number of hydrogen-bond donors (Lipinski definition) is 2. The van der Waals surface area contributed by atoms with Crippen LogP contribution in [0.4, 0.5) is 0 Å². The van der Waals surface area contributed by atoms with Gasteiger partial charge < -0.3 is 0 Å². The number of nitrogens with zero attached hydrogens (tertiary/aromatic N) is 1. The lowest BCUT2D eigenvalue weighted by atomic mass is 10.1. The summed E-state index contributed by atoms with van der Waals surface area (Å²) in [6.07, 6.45) is 8.67. The molecule has 3 nitrogen and oxygen atoms in total. The first-order chi connectivity index (χ1) is 6.36. The van der Waals surface area contributed by atoms with E-state index in [2.05, 4.69) is 16.3 Å². The highest BCUT2D eigenvalue weighted by Gasteiger charge is 2.01. The molecule has 1 aromatic heterocycles. The highest BCUT2D eigenvalue weighted by Crippen LogP contribution is 2.00. The van der Waals surface area contributed by atoms with E-state index in [1.165, 1.54) is 0 Å². The molecule has 0 aliphatic heterocycles. The Kier molecular flexibility index (Phi) is 3.97. The van der Waals surface area contributed by atoms with Gasteiger partial charge in [-0.05, 0) is 25.0 Å². The van der Waals surface area contributed by atoms with Gasteiger partial charge in [-0.25, -0.2) is 5.43 Å². The standard InChI is InChI=1S/C10H13N3/c1-2-9(13-11)6-7-10-5-3-4-8-12-10/h1,3-5,8-9,13H,6-7,11H2. The van der Waals surface area contributed by atoms with Crippen molar-refractivity contribution in [1.82, 2.24) is 10.4 Å². The number of nitrogens with two attached hydrogens (primary N) is 1. The average Bonchev–Trinajstić information content (AvgIpc) is 2.21. The molecule has 0 aliphatic carbocycles. The largest absolute Gasteiger partial charge is 0.270 e. The third kappa shape index (κ3) is 3.24. The molecule has 1 rings (SSSR count). The first-order valence-corrected chi connectivity index (χ1v) is 4.19. The maximum atomic E-state index is 5.23. The zero-order valence-corrected chi connectivity index (χ0v) is 7.40. The Labute approximate surface area is 78.3 Å². The first kappa shape index (κ1) is 9.72. The second-order valence-corrected chi connectivity index (χ2v) is 2.75. The van der Waals surface area contributed by atoms with Crippen molar-refractivity contribution in [2.24, 2.45) is 5.84 Å². The average molecular weight is 175 g/mol. The Morgan fingerprint density at radius 2 is 2.46 bits per heavy atom. The fourth-order valence-electron chi connectivity index (χ4n) is 1.05. The van der Waals surface area contributed by atoms with Crippen LogP contribution in [0.3, 0.4) is 0 Å². The summed E-state index contributed by atoms with van der Waals surface area (Å²) in [5.41, 5.74) is 3.60. The lowest BCUT2D eigenvalue weighted by Crippen LogP contribution is -2.34. The summed E-state index contributed by atoms with van der Waals surface area (Å²) in [6.45, 7) is 0. The Bertz CT molecular complexity index is 276. The van der Waals surface area contributed by atoms with Gasteiger partial charge in [0.15, 0.2) is 0 Å². The number of aromatic nitrogens is 1. The molecule has 0 aliphatic rings. The topological polar surface area (TPSA) is 50.9 Å². The van der Waals surface area contributed by atoms with Crippen molar-refractivity contribution >= 4 is 0 Å². The molecule has 0 saturated carbocycles. The van der Waals surface area contributed by atoms with E-state index in [0.717, 1.165) is 18.5 Å². The monoisotopic (exact) mass is 175 g/mol. The zero-order chi connectivity index (χ0) is 9.52. The van der Waals surface area contributed by atoms with Crippen LogP contribution >= 0.6 is 0 Å². The van der Waals surface area contributed by atoms with Gasteiger partial charge in [0.2, 0.25) is 0 Å². The van der Waals surface area contributed by atoms with E-state index in [-0.39, 0.29) is 6.04 Å². The molecule has 1 atom stereocenters. The Balaban J connectivity index is 2.40. The second kappa shape index (κ2) is 5.31. The van der Waals surface area contributed by atoms with E-state index in [0.29, 0.717) is 0 Å². The van der Waals surface area contributed by atoms with Gasteiger partial charge in [-0.1, -0.05) is 12.0 Å². The smallest absolute Gasteiger partial charge is 0.0818 e. The third-order valence-corrected chi connectivity index (χ3v) is 1.82. The first-order valence-electron chi connectivity index (χ1n) is 4.19. The lowest BCUT2D eigenvalue weighted by Gasteiger charge is -2.07. The number of hydrogen-bond acceptors (Lipinski definition) is 3. The van der Waals surface area contributed by atoms with Crippen molar-refractivity contribution in [1.29, 1.82) is 0 Å². The van der Waals surface area contributed by atoms with Gasteiger partial charge in [-0.2, -0.15) is 0 Å². The number of nitrogens with one attached hydrogen (secondary N) is 1.